The van der Waals surface area contributed by atoms with Crippen LogP contribution in [0.5, 0.6) is 0 Å². The summed E-state index contributed by atoms with van der Waals surface area (Å²) in [7, 11) is 0. The molecule has 96 valence electrons. The van der Waals surface area contributed by atoms with Crippen LogP contribution in [0.15, 0.2) is 42.7 Å². The molecule has 19 heavy (non-hydrogen) atoms. The molecule has 0 radical (unpaired) electrons. The Morgan fingerprint density at radius 3 is 2.95 bits per heavy atom. The van der Waals surface area contributed by atoms with E-state index in [2.05, 4.69) is 15.3 Å². The van der Waals surface area contributed by atoms with Crippen molar-refractivity contribution in [3.05, 3.63) is 48.4 Å². The molecule has 1 aromatic carbocycles. The molecule has 4 nitrogen and oxygen atoms in total. The molecule has 0 amide bonds. The number of hydrogen-bond acceptors (Lipinski definition) is 3. The largest absolute Gasteiger partial charge is 0.254 e. The van der Waals surface area contributed by atoms with Crippen molar-refractivity contribution in [3.8, 4) is 5.69 Å². The lowest BCUT2D eigenvalue weighted by atomic mass is 10.2. The van der Waals surface area contributed by atoms with Crippen LogP contribution in [0.3, 0.4) is 0 Å². The van der Waals surface area contributed by atoms with E-state index in [1.165, 1.54) is 0 Å². The Labute approximate surface area is 116 Å². The van der Waals surface area contributed by atoms with E-state index in [-0.39, 0.29) is 5.38 Å². The van der Waals surface area contributed by atoms with Gasteiger partial charge in [0.25, 0.3) is 0 Å². The van der Waals surface area contributed by atoms with Gasteiger partial charge in [0.15, 0.2) is 0 Å². The number of fused-ring (bicyclic) bond motifs is 1. The molecular formula is C14H13ClN4. The number of pyridine rings is 1. The predicted octanol–water partition coefficient (Wildman–Crippen LogP) is 3.51. The molecule has 0 saturated carbocycles. The molecule has 0 saturated heterocycles. The highest BCUT2D eigenvalue weighted by molar-refractivity contribution is 6.20. The molecule has 0 spiro atoms. The number of alkyl halides is 1. The Morgan fingerprint density at radius 1 is 1.26 bits per heavy atom. The van der Waals surface area contributed by atoms with E-state index >= 15 is 0 Å². The van der Waals surface area contributed by atoms with Crippen molar-refractivity contribution in [2.75, 3.05) is 0 Å². The van der Waals surface area contributed by atoms with Gasteiger partial charge in [0.05, 0.1) is 22.8 Å². The fourth-order valence-electron chi connectivity index (χ4n) is 2.02. The lowest BCUT2D eigenvalue weighted by Gasteiger charge is -2.04. The van der Waals surface area contributed by atoms with E-state index in [9.17, 15) is 0 Å². The zero-order valence-electron chi connectivity index (χ0n) is 10.5. The van der Waals surface area contributed by atoms with Gasteiger partial charge in [-0.2, -0.15) is 0 Å². The molecule has 3 rings (SSSR count). The van der Waals surface area contributed by atoms with Gasteiger partial charge in [0, 0.05) is 11.6 Å². The smallest absolute Gasteiger partial charge is 0.101 e. The van der Waals surface area contributed by atoms with E-state index in [4.69, 9.17) is 11.6 Å². The van der Waals surface area contributed by atoms with Crippen LogP contribution in [0.4, 0.5) is 0 Å². The minimum absolute atomic E-state index is 0.100. The van der Waals surface area contributed by atoms with Crippen LogP contribution < -0.4 is 0 Å². The Morgan fingerprint density at radius 2 is 2.11 bits per heavy atom. The van der Waals surface area contributed by atoms with Crippen molar-refractivity contribution < 1.29 is 0 Å². The Bertz CT molecular complexity index is 702. The van der Waals surface area contributed by atoms with Crippen LogP contribution in [-0.4, -0.2) is 20.0 Å². The van der Waals surface area contributed by atoms with Crippen molar-refractivity contribution in [2.45, 2.75) is 18.7 Å². The first-order valence-electron chi connectivity index (χ1n) is 6.20. The highest BCUT2D eigenvalue weighted by Gasteiger charge is 2.12. The average molecular weight is 273 g/mol. The van der Waals surface area contributed by atoms with Crippen LogP contribution in [-0.2, 0) is 0 Å². The third-order valence-electron chi connectivity index (χ3n) is 3.05. The molecule has 0 aliphatic rings. The summed E-state index contributed by atoms with van der Waals surface area (Å²) in [4.78, 5) is 4.41. The highest BCUT2D eigenvalue weighted by Crippen LogP contribution is 2.24. The monoisotopic (exact) mass is 272 g/mol. The van der Waals surface area contributed by atoms with Crippen LogP contribution in [0.2, 0.25) is 0 Å². The lowest BCUT2D eigenvalue weighted by molar-refractivity contribution is 0.788. The maximum absolute atomic E-state index is 6.18. The Hall–Kier alpha value is -1.94. The molecule has 0 aliphatic carbocycles. The fourth-order valence-corrected chi connectivity index (χ4v) is 2.12. The first-order valence-corrected chi connectivity index (χ1v) is 6.63. The van der Waals surface area contributed by atoms with Gasteiger partial charge in [-0.25, -0.2) is 4.68 Å². The van der Waals surface area contributed by atoms with E-state index in [1.54, 1.807) is 10.9 Å². The summed E-state index contributed by atoms with van der Waals surface area (Å²) in [6.45, 7) is 2.02. The van der Waals surface area contributed by atoms with Gasteiger partial charge < -0.3 is 0 Å². The number of halogens is 1. The SMILES string of the molecule is CCC(Cl)c1cn(-c2cccc3cccnc23)nn1. The first-order chi connectivity index (χ1) is 9.29. The number of rotatable bonds is 3. The summed E-state index contributed by atoms with van der Waals surface area (Å²) in [5, 5.41) is 9.25. The molecule has 1 atom stereocenters. The summed E-state index contributed by atoms with van der Waals surface area (Å²) in [6.07, 6.45) is 4.47. The van der Waals surface area contributed by atoms with Crippen LogP contribution in [0.1, 0.15) is 24.4 Å². The van der Waals surface area contributed by atoms with Gasteiger partial charge in [-0.05, 0) is 18.6 Å². The lowest BCUT2D eigenvalue weighted by Crippen LogP contribution is -1.97. The molecule has 0 aliphatic heterocycles. The number of benzene rings is 1. The number of hydrogen-bond donors (Lipinski definition) is 0. The van der Waals surface area contributed by atoms with Crippen LogP contribution in [0.25, 0.3) is 16.6 Å². The minimum Gasteiger partial charge on any atom is -0.254 e. The predicted molar refractivity (Wildman–Crippen MR) is 75.5 cm³/mol. The van der Waals surface area contributed by atoms with Crippen molar-refractivity contribution in [3.63, 3.8) is 0 Å². The molecule has 3 aromatic rings. The van der Waals surface area contributed by atoms with Crippen molar-refractivity contribution in [1.82, 2.24) is 20.0 Å². The minimum atomic E-state index is -0.100. The van der Waals surface area contributed by atoms with Gasteiger partial charge >= 0.3 is 0 Å². The van der Waals surface area contributed by atoms with E-state index in [0.29, 0.717) is 0 Å². The van der Waals surface area contributed by atoms with Crippen molar-refractivity contribution in [2.24, 2.45) is 0 Å². The molecule has 0 bridgehead atoms. The molecule has 0 fully saturated rings. The summed E-state index contributed by atoms with van der Waals surface area (Å²) < 4.78 is 1.73. The van der Waals surface area contributed by atoms with Crippen LogP contribution in [0, 0.1) is 0 Å². The highest BCUT2D eigenvalue weighted by atomic mass is 35.5. The number of para-hydroxylation sites is 1. The second kappa shape index (κ2) is 4.97. The van der Waals surface area contributed by atoms with Crippen LogP contribution >= 0.6 is 11.6 Å². The van der Waals surface area contributed by atoms with Gasteiger partial charge in [-0.15, -0.1) is 16.7 Å². The normalized spacial score (nSPS) is 12.7. The molecule has 5 heteroatoms. The Kier molecular flexibility index (Phi) is 3.17. The van der Waals surface area contributed by atoms with E-state index in [0.717, 1.165) is 28.7 Å². The standard InChI is InChI=1S/C14H13ClN4/c1-2-11(15)12-9-19(18-17-12)13-7-3-5-10-6-4-8-16-14(10)13/h3-9,11H,2H2,1H3. The summed E-state index contributed by atoms with van der Waals surface area (Å²) >= 11 is 6.18. The summed E-state index contributed by atoms with van der Waals surface area (Å²) in [5.74, 6) is 0. The fraction of sp³-hybridized carbons (Fsp3) is 0.214. The quantitative estimate of drug-likeness (QED) is 0.686. The van der Waals surface area contributed by atoms with Gasteiger partial charge in [0.1, 0.15) is 5.69 Å². The zero-order valence-corrected chi connectivity index (χ0v) is 11.2. The number of nitrogens with zero attached hydrogens (tertiary/aromatic N) is 4. The summed E-state index contributed by atoms with van der Waals surface area (Å²) in [6, 6.07) is 9.94. The molecule has 0 N–H and O–H groups in total. The third kappa shape index (κ3) is 2.19. The topological polar surface area (TPSA) is 43.6 Å². The second-order valence-electron chi connectivity index (χ2n) is 4.32. The van der Waals surface area contributed by atoms with E-state index in [1.807, 2.05) is 43.5 Å². The Balaban J connectivity index is 2.12. The van der Waals surface area contributed by atoms with E-state index < -0.39 is 0 Å². The van der Waals surface area contributed by atoms with Crippen molar-refractivity contribution in [1.29, 1.82) is 0 Å². The molecule has 1 unspecified atom stereocenters. The summed E-state index contributed by atoms with van der Waals surface area (Å²) in [5.41, 5.74) is 2.61. The van der Waals surface area contributed by atoms with Gasteiger partial charge in [0.2, 0.25) is 0 Å². The third-order valence-corrected chi connectivity index (χ3v) is 3.58. The van der Waals surface area contributed by atoms with Gasteiger partial charge in [-0.1, -0.05) is 30.3 Å². The molecule has 2 aromatic heterocycles. The molecule has 2 heterocycles. The maximum Gasteiger partial charge on any atom is 0.101 e. The van der Waals surface area contributed by atoms with Crippen molar-refractivity contribution >= 4 is 22.5 Å². The average Bonchev–Trinajstić information content (AvgIpc) is 2.95. The number of aromatic nitrogens is 4. The van der Waals surface area contributed by atoms with Gasteiger partial charge in [-0.3, -0.25) is 4.98 Å². The molecular weight excluding hydrogens is 260 g/mol. The first kappa shape index (κ1) is 12.1. The maximum atomic E-state index is 6.18. The second-order valence-corrected chi connectivity index (χ2v) is 4.84. The zero-order chi connectivity index (χ0) is 13.2.